The first-order valence-electron chi connectivity index (χ1n) is 12.5. The molecule has 2 N–H and O–H groups in total. The fourth-order valence-corrected chi connectivity index (χ4v) is 4.98. The van der Waals surface area contributed by atoms with Gasteiger partial charge >= 0.3 is 0 Å². The first-order valence-corrected chi connectivity index (χ1v) is 14.0. The van der Waals surface area contributed by atoms with Gasteiger partial charge in [0.05, 0.1) is 17.1 Å². The third kappa shape index (κ3) is 6.90. The lowest BCUT2D eigenvalue weighted by molar-refractivity contribution is -0.128. The van der Waals surface area contributed by atoms with Crippen molar-refractivity contribution in [1.29, 1.82) is 0 Å². The van der Waals surface area contributed by atoms with Crippen LogP contribution in [-0.2, 0) is 26.2 Å². The Morgan fingerprint density at radius 3 is 2.45 bits per heavy atom. The monoisotopic (exact) mass is 537 g/mol. The highest BCUT2D eigenvalue weighted by atomic mass is 32.2. The number of hydrogen-bond donors (Lipinski definition) is 2. The van der Waals surface area contributed by atoms with Gasteiger partial charge in [0, 0.05) is 13.1 Å². The van der Waals surface area contributed by atoms with Crippen molar-refractivity contribution in [3.05, 3.63) is 84.4 Å². The van der Waals surface area contributed by atoms with E-state index in [0.717, 1.165) is 18.4 Å². The minimum atomic E-state index is -3.60. The van der Waals surface area contributed by atoms with E-state index >= 15 is 0 Å². The summed E-state index contributed by atoms with van der Waals surface area (Å²) in [6.07, 6.45) is 0.751. The van der Waals surface area contributed by atoms with Crippen molar-refractivity contribution in [1.82, 2.24) is 10.0 Å². The van der Waals surface area contributed by atoms with E-state index in [4.69, 9.17) is 9.47 Å². The van der Waals surface area contributed by atoms with Gasteiger partial charge in [-0.05, 0) is 48.4 Å². The highest BCUT2D eigenvalue weighted by molar-refractivity contribution is 7.89. The molecule has 2 amide bonds. The minimum absolute atomic E-state index is 0.0282. The van der Waals surface area contributed by atoms with Crippen LogP contribution < -0.4 is 24.4 Å². The molecule has 0 saturated heterocycles. The number of benzene rings is 3. The summed E-state index contributed by atoms with van der Waals surface area (Å²) >= 11 is 0. The van der Waals surface area contributed by atoms with Gasteiger partial charge in [-0.2, -0.15) is 0 Å². The molecule has 38 heavy (non-hydrogen) atoms. The van der Waals surface area contributed by atoms with E-state index in [9.17, 15) is 18.0 Å². The summed E-state index contributed by atoms with van der Waals surface area (Å²) in [4.78, 5) is 27.6. The fourth-order valence-electron chi connectivity index (χ4n) is 3.91. The number of anilines is 1. The normalized spacial score (nSPS) is 14.8. The van der Waals surface area contributed by atoms with Crippen molar-refractivity contribution >= 4 is 27.5 Å². The standard InChI is InChI=1S/C28H31N3O6S/c1-2-3-17-30-38(34,35)23-15-13-22(14-16-23)36-20-27(32)31-19-26(37-25-12-8-7-11-24(25)31)28(33)29-18-21-9-5-4-6-10-21/h4-16,26,30H,2-3,17-20H2,1H3,(H,29,33)/t26-/m0/s1. The zero-order valence-electron chi connectivity index (χ0n) is 21.1. The van der Waals surface area contributed by atoms with Crippen LogP contribution in [0.3, 0.4) is 0 Å². The fraction of sp³-hybridized carbons (Fsp3) is 0.286. The lowest BCUT2D eigenvalue weighted by Gasteiger charge is -2.34. The Bertz CT molecular complexity index is 1350. The van der Waals surface area contributed by atoms with Crippen LogP contribution in [0.1, 0.15) is 25.3 Å². The van der Waals surface area contributed by atoms with Crippen molar-refractivity contribution in [2.75, 3.05) is 24.6 Å². The number of nitrogens with one attached hydrogen (secondary N) is 2. The molecule has 3 aromatic carbocycles. The molecule has 4 rings (SSSR count). The molecular formula is C28H31N3O6S. The zero-order chi connectivity index (χ0) is 27.0. The molecular weight excluding hydrogens is 506 g/mol. The van der Waals surface area contributed by atoms with Crippen molar-refractivity contribution in [2.45, 2.75) is 37.3 Å². The van der Waals surface area contributed by atoms with Gasteiger partial charge in [-0.1, -0.05) is 55.8 Å². The van der Waals surface area contributed by atoms with E-state index in [1.54, 1.807) is 24.3 Å². The maximum atomic E-state index is 13.2. The molecule has 0 aromatic heterocycles. The minimum Gasteiger partial charge on any atom is -0.484 e. The molecule has 1 heterocycles. The van der Waals surface area contributed by atoms with E-state index < -0.39 is 16.1 Å². The van der Waals surface area contributed by atoms with Crippen LogP contribution in [0.5, 0.6) is 11.5 Å². The number of amides is 2. The highest BCUT2D eigenvalue weighted by Crippen LogP contribution is 2.33. The first kappa shape index (κ1) is 27.2. The van der Waals surface area contributed by atoms with Crippen molar-refractivity contribution in [3.8, 4) is 11.5 Å². The van der Waals surface area contributed by atoms with Gasteiger partial charge in [0.1, 0.15) is 11.5 Å². The maximum Gasteiger partial charge on any atom is 0.265 e. The predicted octanol–water partition coefficient (Wildman–Crippen LogP) is 3.25. The Balaban J connectivity index is 1.38. The van der Waals surface area contributed by atoms with Crippen molar-refractivity contribution in [2.24, 2.45) is 0 Å². The molecule has 3 aromatic rings. The molecule has 0 unspecified atom stereocenters. The summed E-state index contributed by atoms with van der Waals surface area (Å²) in [7, 11) is -3.60. The zero-order valence-corrected chi connectivity index (χ0v) is 21.9. The number of unbranched alkanes of at least 4 members (excludes halogenated alkanes) is 1. The number of para-hydroxylation sites is 2. The van der Waals surface area contributed by atoms with Gasteiger partial charge in [-0.25, -0.2) is 13.1 Å². The van der Waals surface area contributed by atoms with Crippen LogP contribution in [0.15, 0.2) is 83.8 Å². The van der Waals surface area contributed by atoms with Gasteiger partial charge in [0.15, 0.2) is 12.7 Å². The van der Waals surface area contributed by atoms with Crippen LogP contribution in [0.2, 0.25) is 0 Å². The van der Waals surface area contributed by atoms with Gasteiger partial charge in [0.25, 0.3) is 11.8 Å². The highest BCUT2D eigenvalue weighted by Gasteiger charge is 2.33. The SMILES string of the molecule is CCCCNS(=O)(=O)c1ccc(OCC(=O)N2C[C@@H](C(=O)NCc3ccccc3)Oc3ccccc32)cc1. The van der Waals surface area contributed by atoms with Gasteiger partial charge < -0.3 is 19.7 Å². The second-order valence-corrected chi connectivity index (χ2v) is 10.6. The summed E-state index contributed by atoms with van der Waals surface area (Å²) in [5.74, 6) is 0.0904. The summed E-state index contributed by atoms with van der Waals surface area (Å²) < 4.78 is 38.8. The van der Waals surface area contributed by atoms with Crippen LogP contribution in [0, 0.1) is 0 Å². The van der Waals surface area contributed by atoms with Crippen molar-refractivity contribution in [3.63, 3.8) is 0 Å². The average Bonchev–Trinajstić information content (AvgIpc) is 2.95. The molecule has 200 valence electrons. The van der Waals surface area contributed by atoms with Crippen LogP contribution in [0.4, 0.5) is 5.69 Å². The lowest BCUT2D eigenvalue weighted by Crippen LogP contribution is -2.51. The molecule has 0 radical (unpaired) electrons. The Morgan fingerprint density at radius 2 is 1.71 bits per heavy atom. The average molecular weight is 538 g/mol. The molecule has 1 aliphatic heterocycles. The molecule has 0 fully saturated rings. The van der Waals surface area contributed by atoms with E-state index in [-0.39, 0.29) is 29.9 Å². The summed E-state index contributed by atoms with van der Waals surface area (Å²) in [5.41, 5.74) is 1.50. The second kappa shape index (κ2) is 12.6. The van der Waals surface area contributed by atoms with Crippen molar-refractivity contribution < 1.29 is 27.5 Å². The molecule has 0 aliphatic carbocycles. The number of ether oxygens (including phenoxy) is 2. The Kier molecular flexibility index (Phi) is 8.98. The lowest BCUT2D eigenvalue weighted by atomic mass is 10.1. The molecule has 0 bridgehead atoms. The Morgan fingerprint density at radius 1 is 1.00 bits per heavy atom. The molecule has 9 nitrogen and oxygen atoms in total. The predicted molar refractivity (Wildman–Crippen MR) is 144 cm³/mol. The topological polar surface area (TPSA) is 114 Å². The number of fused-ring (bicyclic) bond motifs is 1. The van der Waals surface area contributed by atoms with Crippen LogP contribution >= 0.6 is 0 Å². The number of carbonyl (C=O) groups excluding carboxylic acids is 2. The summed E-state index contributed by atoms with van der Waals surface area (Å²) in [5, 5.41) is 2.86. The molecule has 10 heteroatoms. The number of carbonyl (C=O) groups is 2. The largest absolute Gasteiger partial charge is 0.484 e. The number of nitrogens with zero attached hydrogens (tertiary/aromatic N) is 1. The number of rotatable bonds is 11. The Labute approximate surface area is 222 Å². The van der Waals surface area contributed by atoms with Gasteiger partial charge in [0.2, 0.25) is 10.0 Å². The van der Waals surface area contributed by atoms with Gasteiger partial charge in [-0.15, -0.1) is 0 Å². The Hall–Kier alpha value is -3.89. The maximum absolute atomic E-state index is 13.2. The molecule has 1 atom stereocenters. The van der Waals surface area contributed by atoms with E-state index in [0.29, 0.717) is 30.3 Å². The smallest absolute Gasteiger partial charge is 0.265 e. The number of sulfonamides is 1. The third-order valence-corrected chi connectivity index (χ3v) is 7.47. The third-order valence-electron chi connectivity index (χ3n) is 6.00. The summed E-state index contributed by atoms with van der Waals surface area (Å²) in [6, 6.07) is 22.4. The second-order valence-electron chi connectivity index (χ2n) is 8.79. The first-order chi connectivity index (χ1) is 18.4. The number of hydrogen-bond acceptors (Lipinski definition) is 6. The molecule has 0 saturated carbocycles. The van der Waals surface area contributed by atoms with Crippen LogP contribution in [0.25, 0.3) is 0 Å². The van der Waals surface area contributed by atoms with E-state index in [2.05, 4.69) is 10.0 Å². The van der Waals surface area contributed by atoms with Gasteiger partial charge in [-0.3, -0.25) is 9.59 Å². The van der Waals surface area contributed by atoms with E-state index in [1.165, 1.54) is 29.2 Å². The summed E-state index contributed by atoms with van der Waals surface area (Å²) in [6.45, 7) is 2.43. The molecule has 1 aliphatic rings. The van der Waals surface area contributed by atoms with E-state index in [1.807, 2.05) is 37.3 Å². The van der Waals surface area contributed by atoms with Crippen LogP contribution in [-0.4, -0.2) is 46.0 Å². The molecule has 0 spiro atoms. The quantitative estimate of drug-likeness (QED) is 0.363.